The first-order chi connectivity index (χ1) is 9.08. The molecular formula is C13H13FN2O2S. The molecular weight excluding hydrogens is 267 g/mol. The molecule has 0 aliphatic carbocycles. The van der Waals surface area contributed by atoms with Crippen LogP contribution in [-0.4, -0.2) is 4.92 Å². The average molecular weight is 280 g/mol. The van der Waals surface area contributed by atoms with E-state index >= 15 is 0 Å². The number of nitrogens with one attached hydrogen (secondary N) is 1. The van der Waals surface area contributed by atoms with E-state index in [9.17, 15) is 14.5 Å². The van der Waals surface area contributed by atoms with Crippen LogP contribution in [0.4, 0.5) is 10.1 Å². The van der Waals surface area contributed by atoms with Crippen molar-refractivity contribution >= 4 is 17.0 Å². The standard InChI is InChI=1S/C13H13FN2O2S/c1-9(13-3-2-6-19-13)15-8-10-4-5-12(16(17)18)11(14)7-10/h2-7,9,15H,8H2,1H3/t9-/m0/s1. The van der Waals surface area contributed by atoms with Gasteiger partial charge in [0.15, 0.2) is 0 Å². The van der Waals surface area contributed by atoms with Crippen LogP contribution in [0.15, 0.2) is 35.7 Å². The van der Waals surface area contributed by atoms with Gasteiger partial charge in [0.25, 0.3) is 0 Å². The van der Waals surface area contributed by atoms with Gasteiger partial charge in [-0.1, -0.05) is 12.1 Å². The van der Waals surface area contributed by atoms with Crippen molar-refractivity contribution in [1.29, 1.82) is 0 Å². The summed E-state index contributed by atoms with van der Waals surface area (Å²) in [6, 6.07) is 8.13. The van der Waals surface area contributed by atoms with Gasteiger partial charge in [-0.3, -0.25) is 10.1 Å². The van der Waals surface area contributed by atoms with E-state index < -0.39 is 16.4 Å². The van der Waals surface area contributed by atoms with Crippen LogP contribution in [0.1, 0.15) is 23.4 Å². The zero-order valence-corrected chi connectivity index (χ0v) is 11.1. The Balaban J connectivity index is 2.00. The number of nitro benzene ring substituents is 1. The summed E-state index contributed by atoms with van der Waals surface area (Å²) in [4.78, 5) is 11.0. The Morgan fingerprint density at radius 1 is 1.47 bits per heavy atom. The van der Waals surface area contributed by atoms with Crippen LogP contribution in [0.25, 0.3) is 0 Å². The minimum atomic E-state index is -0.798. The third-order valence-corrected chi connectivity index (χ3v) is 3.85. The van der Waals surface area contributed by atoms with Crippen molar-refractivity contribution in [2.24, 2.45) is 0 Å². The number of nitrogens with zero attached hydrogens (tertiary/aromatic N) is 1. The minimum Gasteiger partial charge on any atom is -0.305 e. The Morgan fingerprint density at radius 2 is 2.26 bits per heavy atom. The number of hydrogen-bond donors (Lipinski definition) is 1. The molecule has 0 aliphatic rings. The largest absolute Gasteiger partial charge is 0.305 e. The number of rotatable bonds is 5. The molecule has 6 heteroatoms. The first kappa shape index (κ1) is 13.6. The van der Waals surface area contributed by atoms with Crippen LogP contribution < -0.4 is 5.32 Å². The smallest absolute Gasteiger partial charge is 0.304 e. The quantitative estimate of drug-likeness (QED) is 0.672. The third-order valence-electron chi connectivity index (χ3n) is 2.79. The topological polar surface area (TPSA) is 55.2 Å². The molecule has 0 fully saturated rings. The summed E-state index contributed by atoms with van der Waals surface area (Å²) in [6.45, 7) is 2.49. The highest BCUT2D eigenvalue weighted by atomic mass is 32.1. The van der Waals surface area contributed by atoms with Crippen molar-refractivity contribution in [1.82, 2.24) is 5.32 Å². The van der Waals surface area contributed by atoms with E-state index in [0.29, 0.717) is 12.1 Å². The fourth-order valence-electron chi connectivity index (χ4n) is 1.72. The van der Waals surface area contributed by atoms with E-state index in [1.165, 1.54) is 17.0 Å². The van der Waals surface area contributed by atoms with Crippen LogP contribution in [-0.2, 0) is 6.54 Å². The first-order valence-electron chi connectivity index (χ1n) is 5.77. The molecule has 2 rings (SSSR count). The van der Waals surface area contributed by atoms with Gasteiger partial charge in [-0.15, -0.1) is 11.3 Å². The highest BCUT2D eigenvalue weighted by Crippen LogP contribution is 2.20. The van der Waals surface area contributed by atoms with Gasteiger partial charge in [-0.25, -0.2) is 0 Å². The predicted octanol–water partition coefficient (Wildman–Crippen LogP) is 3.65. The number of nitro groups is 1. The fraction of sp³-hybridized carbons (Fsp3) is 0.231. The lowest BCUT2D eigenvalue weighted by atomic mass is 10.2. The van der Waals surface area contributed by atoms with E-state index in [1.54, 1.807) is 17.4 Å². The van der Waals surface area contributed by atoms with Gasteiger partial charge in [0.1, 0.15) is 0 Å². The third kappa shape index (κ3) is 3.36. The van der Waals surface area contributed by atoms with Crippen molar-refractivity contribution in [2.75, 3.05) is 0 Å². The molecule has 0 amide bonds. The SMILES string of the molecule is C[C@H](NCc1ccc([N+](=O)[O-])c(F)c1)c1cccs1. The molecule has 1 N–H and O–H groups in total. The summed E-state index contributed by atoms with van der Waals surface area (Å²) in [6.07, 6.45) is 0. The van der Waals surface area contributed by atoms with Crippen LogP contribution in [0.3, 0.4) is 0 Å². The highest BCUT2D eigenvalue weighted by molar-refractivity contribution is 7.10. The van der Waals surface area contributed by atoms with Gasteiger partial charge in [0, 0.05) is 23.5 Å². The molecule has 0 spiro atoms. The van der Waals surface area contributed by atoms with Crippen LogP contribution in [0.5, 0.6) is 0 Å². The molecule has 0 unspecified atom stereocenters. The highest BCUT2D eigenvalue weighted by Gasteiger charge is 2.14. The van der Waals surface area contributed by atoms with E-state index in [-0.39, 0.29) is 6.04 Å². The second kappa shape index (κ2) is 5.90. The lowest BCUT2D eigenvalue weighted by Gasteiger charge is -2.12. The molecule has 0 aliphatic heterocycles. The Labute approximate surface area is 114 Å². The molecule has 4 nitrogen and oxygen atoms in total. The van der Waals surface area contributed by atoms with Gasteiger partial charge in [0.2, 0.25) is 5.82 Å². The second-order valence-electron chi connectivity index (χ2n) is 4.16. The van der Waals surface area contributed by atoms with Crippen LogP contribution in [0, 0.1) is 15.9 Å². The molecule has 19 heavy (non-hydrogen) atoms. The molecule has 2 aromatic rings. The molecule has 0 saturated heterocycles. The molecule has 1 aromatic heterocycles. The molecule has 1 aromatic carbocycles. The van der Waals surface area contributed by atoms with Gasteiger partial charge < -0.3 is 5.32 Å². The molecule has 1 heterocycles. The molecule has 0 radical (unpaired) electrons. The van der Waals surface area contributed by atoms with Crippen LogP contribution >= 0.6 is 11.3 Å². The van der Waals surface area contributed by atoms with Gasteiger partial charge in [-0.2, -0.15) is 4.39 Å². The number of hydrogen-bond acceptors (Lipinski definition) is 4. The van der Waals surface area contributed by atoms with Gasteiger partial charge in [0.05, 0.1) is 4.92 Å². The van der Waals surface area contributed by atoms with E-state index in [0.717, 1.165) is 0 Å². The predicted molar refractivity (Wildman–Crippen MR) is 72.6 cm³/mol. The minimum absolute atomic E-state index is 0.165. The summed E-state index contributed by atoms with van der Waals surface area (Å²) >= 11 is 1.65. The first-order valence-corrected chi connectivity index (χ1v) is 6.65. The maximum atomic E-state index is 13.4. The maximum Gasteiger partial charge on any atom is 0.304 e. The average Bonchev–Trinajstić information content (AvgIpc) is 2.89. The zero-order valence-electron chi connectivity index (χ0n) is 10.3. The number of benzene rings is 1. The Morgan fingerprint density at radius 3 is 2.84 bits per heavy atom. The van der Waals surface area contributed by atoms with Crippen molar-refractivity contribution in [3.8, 4) is 0 Å². The monoisotopic (exact) mass is 280 g/mol. The lowest BCUT2D eigenvalue weighted by molar-refractivity contribution is -0.387. The zero-order chi connectivity index (χ0) is 13.8. The van der Waals surface area contributed by atoms with Crippen molar-refractivity contribution < 1.29 is 9.31 Å². The summed E-state index contributed by atoms with van der Waals surface area (Å²) in [7, 11) is 0. The number of thiophene rings is 1. The van der Waals surface area contributed by atoms with E-state index in [4.69, 9.17) is 0 Å². The fourth-order valence-corrected chi connectivity index (χ4v) is 2.48. The van der Waals surface area contributed by atoms with Gasteiger partial charge >= 0.3 is 5.69 Å². The Bertz CT molecular complexity index is 572. The molecule has 0 bridgehead atoms. The number of halogens is 1. The van der Waals surface area contributed by atoms with Crippen molar-refractivity contribution in [2.45, 2.75) is 19.5 Å². The normalized spacial score (nSPS) is 12.3. The van der Waals surface area contributed by atoms with Crippen molar-refractivity contribution in [3.05, 3.63) is 62.1 Å². The summed E-state index contributed by atoms with van der Waals surface area (Å²) < 4.78 is 13.4. The lowest BCUT2D eigenvalue weighted by Crippen LogP contribution is -2.17. The molecule has 100 valence electrons. The summed E-state index contributed by atoms with van der Waals surface area (Å²) in [5, 5.41) is 15.8. The molecule has 0 saturated carbocycles. The Kier molecular flexibility index (Phi) is 4.24. The maximum absolute atomic E-state index is 13.4. The molecule has 1 atom stereocenters. The van der Waals surface area contributed by atoms with Crippen LogP contribution in [0.2, 0.25) is 0 Å². The van der Waals surface area contributed by atoms with Crippen molar-refractivity contribution in [3.63, 3.8) is 0 Å². The summed E-state index contributed by atoms with van der Waals surface area (Å²) in [5.74, 6) is -0.798. The van der Waals surface area contributed by atoms with E-state index in [2.05, 4.69) is 5.32 Å². The van der Waals surface area contributed by atoms with Gasteiger partial charge in [-0.05, 0) is 30.0 Å². The Hall–Kier alpha value is -1.79. The summed E-state index contributed by atoms with van der Waals surface area (Å²) in [5.41, 5.74) is 0.196. The second-order valence-corrected chi connectivity index (χ2v) is 5.14. The van der Waals surface area contributed by atoms with E-state index in [1.807, 2.05) is 24.4 Å².